The van der Waals surface area contributed by atoms with Crippen LogP contribution in [-0.2, 0) is 6.61 Å². The molecule has 0 amide bonds. The third kappa shape index (κ3) is 3.32. The number of hydrogen-bond acceptors (Lipinski definition) is 5. The Morgan fingerprint density at radius 3 is 2.45 bits per heavy atom. The maximum Gasteiger partial charge on any atom is 0.233 e. The Labute approximate surface area is 140 Å². The summed E-state index contributed by atoms with van der Waals surface area (Å²) in [4.78, 5) is 0. The minimum absolute atomic E-state index is 0.143. The van der Waals surface area contributed by atoms with Gasteiger partial charge < -0.3 is 9.84 Å². The van der Waals surface area contributed by atoms with E-state index in [1.165, 1.54) is 0 Å². The van der Waals surface area contributed by atoms with Crippen LogP contribution in [0, 0.1) is 0 Å². The number of hydrogen-bond donors (Lipinski definition) is 1. The van der Waals surface area contributed by atoms with Crippen LogP contribution >= 0.6 is 34.5 Å². The Balaban J connectivity index is 1.76. The summed E-state index contributed by atoms with van der Waals surface area (Å²) in [6.07, 6.45) is 0. The van der Waals surface area contributed by atoms with Crippen molar-refractivity contribution in [2.75, 3.05) is 0 Å². The highest BCUT2D eigenvalue weighted by Crippen LogP contribution is 2.35. The lowest BCUT2D eigenvalue weighted by Gasteiger charge is -2.06. The number of phenols is 1. The van der Waals surface area contributed by atoms with E-state index in [0.717, 1.165) is 5.56 Å². The number of phenolic OH excluding ortho intramolecular Hbond substituents is 1. The molecule has 3 aromatic rings. The molecule has 4 nitrogen and oxygen atoms in total. The van der Waals surface area contributed by atoms with Gasteiger partial charge in [0.2, 0.25) is 5.88 Å². The lowest BCUT2D eigenvalue weighted by Crippen LogP contribution is -1.97. The summed E-state index contributed by atoms with van der Waals surface area (Å²) in [6.45, 7) is 0.453. The van der Waals surface area contributed by atoms with Crippen molar-refractivity contribution in [2.45, 2.75) is 6.61 Å². The number of aromatic hydroxyl groups is 1. The largest absolute Gasteiger partial charge is 0.505 e. The first-order valence-corrected chi connectivity index (χ1v) is 7.99. The Morgan fingerprint density at radius 1 is 1.09 bits per heavy atom. The smallest absolute Gasteiger partial charge is 0.233 e. The second kappa shape index (κ2) is 6.52. The van der Waals surface area contributed by atoms with Crippen LogP contribution in [0.3, 0.4) is 0 Å². The van der Waals surface area contributed by atoms with Gasteiger partial charge in [-0.2, -0.15) is 11.3 Å². The molecule has 0 aliphatic carbocycles. The second-order valence-corrected chi connectivity index (χ2v) is 6.06. The minimum Gasteiger partial charge on any atom is -0.505 e. The number of rotatable bonds is 4. The summed E-state index contributed by atoms with van der Waals surface area (Å²) in [5.41, 5.74) is 2.35. The van der Waals surface area contributed by atoms with Crippen LogP contribution in [-0.4, -0.2) is 15.3 Å². The summed E-state index contributed by atoms with van der Waals surface area (Å²) in [5, 5.41) is 22.0. The van der Waals surface area contributed by atoms with Crippen molar-refractivity contribution in [3.63, 3.8) is 0 Å². The lowest BCUT2D eigenvalue weighted by atomic mass is 10.1. The molecule has 1 N–H and O–H groups in total. The number of halogens is 2. The van der Waals surface area contributed by atoms with E-state index in [1.807, 2.05) is 16.8 Å². The van der Waals surface area contributed by atoms with Gasteiger partial charge in [0.25, 0.3) is 0 Å². The van der Waals surface area contributed by atoms with E-state index in [1.54, 1.807) is 35.6 Å². The number of nitrogens with zero attached hydrogens (tertiary/aromatic N) is 2. The summed E-state index contributed by atoms with van der Waals surface area (Å²) < 4.78 is 5.55. The minimum atomic E-state index is -0.143. The van der Waals surface area contributed by atoms with Crippen molar-refractivity contribution >= 4 is 34.5 Å². The van der Waals surface area contributed by atoms with Gasteiger partial charge in [0.05, 0.1) is 15.7 Å². The molecule has 0 bridgehead atoms. The number of benzene rings is 1. The molecular weight excluding hydrogens is 343 g/mol. The maximum atomic E-state index is 9.56. The van der Waals surface area contributed by atoms with Gasteiger partial charge in [0.15, 0.2) is 5.75 Å². The van der Waals surface area contributed by atoms with Crippen molar-refractivity contribution in [3.8, 4) is 22.9 Å². The molecule has 0 unspecified atom stereocenters. The zero-order valence-electron chi connectivity index (χ0n) is 11.2. The third-order valence-electron chi connectivity index (χ3n) is 2.92. The van der Waals surface area contributed by atoms with Crippen molar-refractivity contribution in [1.82, 2.24) is 10.2 Å². The topological polar surface area (TPSA) is 55.2 Å². The molecule has 0 atom stereocenters. The van der Waals surface area contributed by atoms with Gasteiger partial charge in [-0.1, -0.05) is 23.2 Å². The van der Waals surface area contributed by atoms with Gasteiger partial charge in [-0.15, -0.1) is 10.2 Å². The Kier molecular flexibility index (Phi) is 4.47. The highest BCUT2D eigenvalue weighted by Gasteiger charge is 2.10. The van der Waals surface area contributed by atoms with Crippen molar-refractivity contribution in [2.24, 2.45) is 0 Å². The molecule has 3 rings (SSSR count). The average Bonchev–Trinajstić information content (AvgIpc) is 3.04. The molecule has 7 heteroatoms. The molecule has 0 saturated carbocycles. The van der Waals surface area contributed by atoms with Crippen molar-refractivity contribution < 1.29 is 9.84 Å². The third-order valence-corrected chi connectivity index (χ3v) is 4.23. The molecule has 22 heavy (non-hydrogen) atoms. The van der Waals surface area contributed by atoms with Crippen LogP contribution in [0.2, 0.25) is 10.0 Å². The quantitative estimate of drug-likeness (QED) is 0.732. The zero-order chi connectivity index (χ0) is 15.5. The van der Waals surface area contributed by atoms with E-state index in [0.29, 0.717) is 23.7 Å². The molecule has 2 heterocycles. The number of aromatic nitrogens is 2. The summed E-state index contributed by atoms with van der Waals surface area (Å²) in [6, 6.07) is 8.64. The first-order valence-electron chi connectivity index (χ1n) is 6.29. The molecular formula is C15H10Cl2N2O2S. The first kappa shape index (κ1) is 15.1. The van der Waals surface area contributed by atoms with E-state index in [2.05, 4.69) is 10.2 Å². The monoisotopic (exact) mass is 352 g/mol. The van der Waals surface area contributed by atoms with Gasteiger partial charge >= 0.3 is 0 Å². The maximum absolute atomic E-state index is 9.56. The molecule has 0 saturated heterocycles. The van der Waals surface area contributed by atoms with E-state index in [-0.39, 0.29) is 15.8 Å². The van der Waals surface area contributed by atoms with E-state index in [4.69, 9.17) is 27.9 Å². The number of ether oxygens (including phenoxy) is 1. The molecule has 112 valence electrons. The molecule has 0 spiro atoms. The zero-order valence-corrected chi connectivity index (χ0v) is 13.5. The van der Waals surface area contributed by atoms with Gasteiger partial charge in [-0.05, 0) is 35.0 Å². The molecule has 2 aromatic heterocycles. The molecule has 0 aliphatic rings. The van der Waals surface area contributed by atoms with E-state index in [9.17, 15) is 5.11 Å². The summed E-state index contributed by atoms with van der Waals surface area (Å²) in [7, 11) is 0. The van der Waals surface area contributed by atoms with Crippen LogP contribution < -0.4 is 4.74 Å². The molecule has 0 aliphatic heterocycles. The van der Waals surface area contributed by atoms with Crippen LogP contribution in [0.4, 0.5) is 0 Å². The van der Waals surface area contributed by atoms with Crippen LogP contribution in [0.1, 0.15) is 5.56 Å². The summed E-state index contributed by atoms with van der Waals surface area (Å²) >= 11 is 13.4. The Bertz CT molecular complexity index is 754. The molecule has 1 aromatic carbocycles. The fourth-order valence-corrected chi connectivity index (χ4v) is 2.94. The molecule has 0 fully saturated rings. The van der Waals surface area contributed by atoms with Gasteiger partial charge in [0.1, 0.15) is 6.61 Å². The lowest BCUT2D eigenvalue weighted by molar-refractivity contribution is 0.291. The standard InChI is InChI=1S/C15H10Cl2N2O2S/c16-11-5-10(6-12(17)15(11)20)13-1-2-14(19-18-13)21-7-9-3-4-22-8-9/h1-6,8,20H,7H2. The fourth-order valence-electron chi connectivity index (χ4n) is 1.80. The summed E-state index contributed by atoms with van der Waals surface area (Å²) in [5.74, 6) is 0.293. The average molecular weight is 353 g/mol. The van der Waals surface area contributed by atoms with Crippen LogP contribution in [0.15, 0.2) is 41.1 Å². The van der Waals surface area contributed by atoms with Crippen LogP contribution in [0.25, 0.3) is 11.3 Å². The predicted octanol–water partition coefficient (Wildman–Crippen LogP) is 4.80. The normalized spacial score (nSPS) is 10.6. The van der Waals surface area contributed by atoms with Crippen LogP contribution in [0.5, 0.6) is 11.6 Å². The van der Waals surface area contributed by atoms with E-state index < -0.39 is 0 Å². The molecule has 0 radical (unpaired) electrons. The first-order chi connectivity index (χ1) is 10.6. The predicted molar refractivity (Wildman–Crippen MR) is 87.8 cm³/mol. The second-order valence-electron chi connectivity index (χ2n) is 4.47. The van der Waals surface area contributed by atoms with Gasteiger partial charge in [0, 0.05) is 17.2 Å². The highest BCUT2D eigenvalue weighted by molar-refractivity contribution is 7.07. The SMILES string of the molecule is Oc1c(Cl)cc(-c2ccc(OCc3ccsc3)nn2)cc1Cl. The highest BCUT2D eigenvalue weighted by atomic mass is 35.5. The van der Waals surface area contributed by atoms with Gasteiger partial charge in [-0.3, -0.25) is 0 Å². The number of thiophene rings is 1. The Morgan fingerprint density at radius 2 is 1.86 bits per heavy atom. The van der Waals surface area contributed by atoms with Gasteiger partial charge in [-0.25, -0.2) is 0 Å². The van der Waals surface area contributed by atoms with E-state index >= 15 is 0 Å². The Hall–Kier alpha value is -1.82. The van der Waals surface area contributed by atoms with Crippen molar-refractivity contribution in [3.05, 3.63) is 56.7 Å². The van der Waals surface area contributed by atoms with Crippen molar-refractivity contribution in [1.29, 1.82) is 0 Å². The fraction of sp³-hybridized carbons (Fsp3) is 0.0667.